The molecule has 2 heterocycles. The van der Waals surface area contributed by atoms with Gasteiger partial charge in [-0.05, 0) is 37.2 Å². The SMILES string of the molecule is O=C1OCCN1c1ccc(N2CCCNCC2)cc1. The summed E-state index contributed by atoms with van der Waals surface area (Å²) in [6.45, 7) is 5.36. The lowest BCUT2D eigenvalue weighted by Gasteiger charge is -2.23. The molecule has 1 aromatic rings. The van der Waals surface area contributed by atoms with E-state index in [1.165, 1.54) is 12.1 Å². The lowest BCUT2D eigenvalue weighted by Crippen LogP contribution is -2.28. The highest BCUT2D eigenvalue weighted by Gasteiger charge is 2.23. The number of carbonyl (C=O) groups is 1. The van der Waals surface area contributed by atoms with Gasteiger partial charge >= 0.3 is 6.09 Å². The topological polar surface area (TPSA) is 44.8 Å². The van der Waals surface area contributed by atoms with Crippen LogP contribution in [0.4, 0.5) is 16.2 Å². The van der Waals surface area contributed by atoms with Gasteiger partial charge in [-0.2, -0.15) is 0 Å². The summed E-state index contributed by atoms with van der Waals surface area (Å²) in [4.78, 5) is 15.5. The van der Waals surface area contributed by atoms with E-state index in [-0.39, 0.29) is 6.09 Å². The number of amides is 1. The van der Waals surface area contributed by atoms with E-state index in [0.29, 0.717) is 13.2 Å². The van der Waals surface area contributed by atoms with Gasteiger partial charge in [0.1, 0.15) is 6.61 Å². The predicted molar refractivity (Wildman–Crippen MR) is 74.8 cm³/mol. The smallest absolute Gasteiger partial charge is 0.414 e. The molecule has 2 aliphatic rings. The largest absolute Gasteiger partial charge is 0.447 e. The van der Waals surface area contributed by atoms with Gasteiger partial charge in [-0.25, -0.2) is 4.79 Å². The minimum Gasteiger partial charge on any atom is -0.447 e. The van der Waals surface area contributed by atoms with E-state index >= 15 is 0 Å². The summed E-state index contributed by atoms with van der Waals surface area (Å²) < 4.78 is 4.95. The molecule has 5 nitrogen and oxygen atoms in total. The van der Waals surface area contributed by atoms with Crippen LogP contribution in [0.15, 0.2) is 24.3 Å². The molecular formula is C14H19N3O2. The van der Waals surface area contributed by atoms with Gasteiger partial charge in [-0.15, -0.1) is 0 Å². The second kappa shape index (κ2) is 5.48. The Morgan fingerprint density at radius 3 is 2.53 bits per heavy atom. The van der Waals surface area contributed by atoms with Gasteiger partial charge in [0, 0.05) is 31.0 Å². The fourth-order valence-electron chi connectivity index (χ4n) is 2.58. The molecule has 0 unspecified atom stereocenters. The quantitative estimate of drug-likeness (QED) is 0.875. The van der Waals surface area contributed by atoms with Gasteiger partial charge in [0.15, 0.2) is 0 Å². The molecule has 0 saturated carbocycles. The van der Waals surface area contributed by atoms with E-state index in [1.54, 1.807) is 4.90 Å². The van der Waals surface area contributed by atoms with Crippen molar-refractivity contribution in [2.75, 3.05) is 49.1 Å². The lowest BCUT2D eigenvalue weighted by atomic mass is 10.2. The van der Waals surface area contributed by atoms with E-state index in [0.717, 1.165) is 31.9 Å². The van der Waals surface area contributed by atoms with Crippen LogP contribution >= 0.6 is 0 Å². The molecule has 102 valence electrons. The Bertz CT molecular complexity index is 439. The average molecular weight is 261 g/mol. The third-order valence-electron chi connectivity index (χ3n) is 3.63. The van der Waals surface area contributed by atoms with E-state index in [4.69, 9.17) is 4.74 Å². The average Bonchev–Trinajstić information content (AvgIpc) is 2.71. The zero-order chi connectivity index (χ0) is 13.1. The van der Waals surface area contributed by atoms with E-state index in [2.05, 4.69) is 22.3 Å². The Hall–Kier alpha value is -1.75. The van der Waals surface area contributed by atoms with Crippen molar-refractivity contribution in [3.8, 4) is 0 Å². The lowest BCUT2D eigenvalue weighted by molar-refractivity contribution is 0.181. The monoisotopic (exact) mass is 261 g/mol. The number of nitrogens with zero attached hydrogens (tertiary/aromatic N) is 2. The van der Waals surface area contributed by atoms with E-state index < -0.39 is 0 Å². The number of ether oxygens (including phenoxy) is 1. The Labute approximate surface area is 113 Å². The number of rotatable bonds is 2. The van der Waals surface area contributed by atoms with Crippen molar-refractivity contribution in [2.45, 2.75) is 6.42 Å². The number of cyclic esters (lactones) is 1. The molecule has 1 aromatic carbocycles. The predicted octanol–water partition coefficient (Wildman–Crippen LogP) is 1.44. The second-order valence-electron chi connectivity index (χ2n) is 4.87. The number of nitrogens with one attached hydrogen (secondary N) is 1. The standard InChI is InChI=1S/C14H19N3O2/c18-14-17(10-11-19-14)13-4-2-12(3-5-13)16-8-1-6-15-7-9-16/h2-5,15H,1,6-11H2. The molecule has 2 saturated heterocycles. The van der Waals surface area contributed by atoms with Crippen LogP contribution in [0.5, 0.6) is 0 Å². The molecule has 2 aliphatic heterocycles. The van der Waals surface area contributed by atoms with E-state index in [9.17, 15) is 4.79 Å². The molecule has 0 radical (unpaired) electrons. The van der Waals surface area contributed by atoms with Crippen LogP contribution < -0.4 is 15.1 Å². The third kappa shape index (κ3) is 2.66. The molecule has 5 heteroatoms. The minimum absolute atomic E-state index is 0.244. The Morgan fingerprint density at radius 2 is 1.79 bits per heavy atom. The van der Waals surface area contributed by atoms with Crippen LogP contribution in [0, 0.1) is 0 Å². The van der Waals surface area contributed by atoms with Crippen molar-refractivity contribution in [1.29, 1.82) is 0 Å². The molecule has 0 bridgehead atoms. The van der Waals surface area contributed by atoms with Gasteiger partial charge in [0.05, 0.1) is 6.54 Å². The Balaban J connectivity index is 1.72. The molecule has 19 heavy (non-hydrogen) atoms. The first-order valence-electron chi connectivity index (χ1n) is 6.84. The van der Waals surface area contributed by atoms with Crippen LogP contribution in [0.2, 0.25) is 0 Å². The summed E-state index contributed by atoms with van der Waals surface area (Å²) >= 11 is 0. The molecule has 1 N–H and O–H groups in total. The highest BCUT2D eigenvalue weighted by Crippen LogP contribution is 2.23. The first kappa shape index (κ1) is 12.3. The first-order chi connectivity index (χ1) is 9.34. The minimum atomic E-state index is -0.244. The van der Waals surface area contributed by atoms with Crippen molar-refractivity contribution >= 4 is 17.5 Å². The second-order valence-corrected chi connectivity index (χ2v) is 4.87. The van der Waals surface area contributed by atoms with Gasteiger partial charge in [0.25, 0.3) is 0 Å². The highest BCUT2D eigenvalue weighted by molar-refractivity contribution is 5.89. The molecule has 1 amide bonds. The molecule has 2 fully saturated rings. The van der Waals surface area contributed by atoms with Crippen molar-refractivity contribution in [3.05, 3.63) is 24.3 Å². The normalized spacial score (nSPS) is 20.3. The molecule has 3 rings (SSSR count). The maximum atomic E-state index is 11.5. The van der Waals surface area contributed by atoms with Gasteiger partial charge in [-0.3, -0.25) is 4.90 Å². The van der Waals surface area contributed by atoms with Crippen LogP contribution in [0.1, 0.15) is 6.42 Å². The van der Waals surface area contributed by atoms with Crippen LogP contribution in [0.3, 0.4) is 0 Å². The summed E-state index contributed by atoms with van der Waals surface area (Å²) in [7, 11) is 0. The Kier molecular flexibility index (Phi) is 3.55. The number of anilines is 2. The van der Waals surface area contributed by atoms with Gasteiger partial charge in [-0.1, -0.05) is 0 Å². The summed E-state index contributed by atoms with van der Waals surface area (Å²) in [6.07, 6.45) is 0.923. The van der Waals surface area contributed by atoms with Crippen molar-refractivity contribution in [3.63, 3.8) is 0 Å². The molecule has 0 spiro atoms. The molecule has 0 atom stereocenters. The summed E-state index contributed by atoms with van der Waals surface area (Å²) in [5.41, 5.74) is 2.14. The maximum Gasteiger partial charge on any atom is 0.414 e. The van der Waals surface area contributed by atoms with Gasteiger partial charge in [0.2, 0.25) is 0 Å². The molecular weight excluding hydrogens is 242 g/mol. The number of hydrogen-bond donors (Lipinski definition) is 1. The first-order valence-corrected chi connectivity index (χ1v) is 6.84. The maximum absolute atomic E-state index is 11.5. The zero-order valence-corrected chi connectivity index (χ0v) is 11.0. The number of benzene rings is 1. The summed E-state index contributed by atoms with van der Waals surface area (Å²) in [6, 6.07) is 8.18. The summed E-state index contributed by atoms with van der Waals surface area (Å²) in [5, 5.41) is 3.40. The van der Waals surface area contributed by atoms with Crippen molar-refractivity contribution in [2.24, 2.45) is 0 Å². The highest BCUT2D eigenvalue weighted by atomic mass is 16.6. The Morgan fingerprint density at radius 1 is 1.00 bits per heavy atom. The van der Waals surface area contributed by atoms with Gasteiger partial charge < -0.3 is 15.0 Å². The fraction of sp³-hybridized carbons (Fsp3) is 0.500. The van der Waals surface area contributed by atoms with E-state index in [1.807, 2.05) is 12.1 Å². The molecule has 0 aromatic heterocycles. The zero-order valence-electron chi connectivity index (χ0n) is 11.0. The van der Waals surface area contributed by atoms with Crippen molar-refractivity contribution < 1.29 is 9.53 Å². The fourth-order valence-corrected chi connectivity index (χ4v) is 2.58. The number of carbonyl (C=O) groups excluding carboxylic acids is 1. The number of hydrogen-bond acceptors (Lipinski definition) is 4. The van der Waals surface area contributed by atoms with Crippen LogP contribution in [0.25, 0.3) is 0 Å². The van der Waals surface area contributed by atoms with Crippen LogP contribution in [-0.4, -0.2) is 45.4 Å². The summed E-state index contributed by atoms with van der Waals surface area (Å²) in [5.74, 6) is 0. The third-order valence-corrected chi connectivity index (χ3v) is 3.63. The van der Waals surface area contributed by atoms with Crippen molar-refractivity contribution in [1.82, 2.24) is 5.32 Å². The molecule has 0 aliphatic carbocycles. The van der Waals surface area contributed by atoms with Crippen LogP contribution in [-0.2, 0) is 4.74 Å².